The third kappa shape index (κ3) is 5.99. The Morgan fingerprint density at radius 3 is 2.44 bits per heavy atom. The summed E-state index contributed by atoms with van der Waals surface area (Å²) in [6.07, 6.45) is 4.82. The average Bonchev–Trinajstić information content (AvgIpc) is 3.72. The van der Waals surface area contributed by atoms with E-state index in [-0.39, 0.29) is 17.3 Å². The van der Waals surface area contributed by atoms with Gasteiger partial charge in [-0.3, -0.25) is 23.6 Å². The number of benzene rings is 3. The van der Waals surface area contributed by atoms with E-state index in [0.717, 1.165) is 34.4 Å². The number of nitrogens with one attached hydrogen (secondary N) is 1. The highest BCUT2D eigenvalue weighted by Crippen LogP contribution is 2.51. The fourth-order valence-electron chi connectivity index (χ4n) is 10.2. The average molecular weight is 868 g/mol. The zero-order chi connectivity index (χ0) is 44.6. The molecule has 1 saturated heterocycles. The number of rotatable bonds is 7. The maximum atomic E-state index is 16.2. The second-order valence-electron chi connectivity index (χ2n) is 18.2. The van der Waals surface area contributed by atoms with Crippen molar-refractivity contribution in [3.63, 3.8) is 0 Å². The van der Waals surface area contributed by atoms with Crippen LogP contribution in [0.5, 0.6) is 0 Å². The minimum Gasteiger partial charge on any atom is -0.372 e. The van der Waals surface area contributed by atoms with Gasteiger partial charge in [-0.1, -0.05) is 5.16 Å². The number of morpholine rings is 1. The van der Waals surface area contributed by atoms with Gasteiger partial charge in [-0.15, -0.1) is 0 Å². The predicted octanol–water partition coefficient (Wildman–Crippen LogP) is 7.36. The fraction of sp³-hybridized carbons (Fsp3) is 0.362. The lowest BCUT2D eigenvalue weighted by Crippen LogP contribution is -2.48. The molecule has 11 rings (SSSR count). The number of hydrogen-bond donors (Lipinski definition) is 1. The van der Waals surface area contributed by atoms with Crippen molar-refractivity contribution < 1.29 is 22.8 Å². The van der Waals surface area contributed by atoms with Gasteiger partial charge in [-0.2, -0.15) is 10.2 Å². The van der Waals surface area contributed by atoms with Crippen LogP contribution in [-0.4, -0.2) is 86.5 Å². The van der Waals surface area contributed by atoms with E-state index in [2.05, 4.69) is 46.1 Å². The van der Waals surface area contributed by atoms with Crippen LogP contribution in [0.2, 0.25) is 0 Å². The number of aryl methyl sites for hydroxylation is 3. The minimum atomic E-state index is -0.794. The molecular weight excluding hydrogens is 821 g/mol. The second-order valence-corrected chi connectivity index (χ2v) is 18.2. The van der Waals surface area contributed by atoms with Crippen LogP contribution in [0.15, 0.2) is 70.4 Å². The highest BCUT2D eigenvalue weighted by atomic mass is 19.1. The molecule has 1 N–H and O–H groups in total. The van der Waals surface area contributed by atoms with Crippen LogP contribution in [0.3, 0.4) is 0 Å². The largest absolute Gasteiger partial charge is 0.438 e. The van der Waals surface area contributed by atoms with Gasteiger partial charge in [0.05, 0.1) is 58.1 Å². The molecule has 0 radical (unpaired) electrons. The number of hydrogen-bond acceptors (Lipinski definition) is 9. The molecule has 1 atom stereocenters. The van der Waals surface area contributed by atoms with Gasteiger partial charge in [0.15, 0.2) is 11.6 Å². The van der Waals surface area contributed by atoms with E-state index in [1.165, 1.54) is 6.20 Å². The number of ether oxygens (including phenoxy) is 1. The number of anilines is 1. The first kappa shape index (κ1) is 39.9. The Morgan fingerprint density at radius 2 is 1.72 bits per heavy atom. The summed E-state index contributed by atoms with van der Waals surface area (Å²) in [5.41, 5.74) is 7.11. The quantitative estimate of drug-likeness (QED) is 0.173. The normalized spacial score (nSPS) is 18.0. The molecular formula is C47H47F2N11O4. The van der Waals surface area contributed by atoms with E-state index in [0.29, 0.717) is 101 Å². The summed E-state index contributed by atoms with van der Waals surface area (Å²) in [4.78, 5) is 39.7. The van der Waals surface area contributed by atoms with Gasteiger partial charge in [0, 0.05) is 61.0 Å². The van der Waals surface area contributed by atoms with Gasteiger partial charge >= 0.3 is 5.76 Å². The first-order chi connectivity index (χ1) is 30.6. The van der Waals surface area contributed by atoms with E-state index in [1.54, 1.807) is 59.4 Å². The molecule has 8 aromatic rings. The monoisotopic (exact) mass is 867 g/mol. The van der Waals surface area contributed by atoms with Gasteiger partial charge in [0.1, 0.15) is 29.1 Å². The van der Waals surface area contributed by atoms with Crippen LogP contribution in [0.25, 0.3) is 44.6 Å². The first-order valence-corrected chi connectivity index (χ1v) is 21.6. The van der Waals surface area contributed by atoms with Gasteiger partial charge < -0.3 is 19.1 Å². The molecule has 17 heteroatoms. The number of carbonyl (C=O) groups excluding carboxylic acids is 1. The predicted molar refractivity (Wildman–Crippen MR) is 235 cm³/mol. The van der Waals surface area contributed by atoms with Crippen LogP contribution in [-0.2, 0) is 23.7 Å². The number of fused-ring (bicyclic) bond motifs is 3. The van der Waals surface area contributed by atoms with Crippen LogP contribution >= 0.6 is 0 Å². The molecule has 2 aliphatic heterocycles. The van der Waals surface area contributed by atoms with Crippen LogP contribution < -0.4 is 10.7 Å². The van der Waals surface area contributed by atoms with E-state index in [4.69, 9.17) is 19.3 Å². The lowest BCUT2D eigenvalue weighted by molar-refractivity contribution is -0.0276. The summed E-state index contributed by atoms with van der Waals surface area (Å²) in [7, 11) is 1.77. The summed E-state index contributed by atoms with van der Waals surface area (Å²) >= 11 is 0. The lowest BCUT2D eigenvalue weighted by atomic mass is 9.95. The molecule has 328 valence electrons. The highest BCUT2D eigenvalue weighted by molar-refractivity contribution is 6.00. The smallest absolute Gasteiger partial charge is 0.372 e. The maximum Gasteiger partial charge on any atom is 0.438 e. The van der Waals surface area contributed by atoms with E-state index < -0.39 is 23.2 Å². The Bertz CT molecular complexity index is 3270. The number of nitrogens with zero attached hydrogens (tertiary/aromatic N) is 10. The standard InChI is InChI=1S/C47H47F2N11O4/c1-25-18-31(19-26(2)39(25)48)60-42(41-28(4)58(24-50-41)36-11-10-35-32(40(36)49)22-51-55(35)7)38-27(3)57(15-12-33(38)53-60)43(61)37-21-29-20-30(56-16-17-63-46(5,6)23-56)8-9-34(29)59(37)47(13-14-47)44-52-45(62)64-54-44/h8-11,18-22,24,27H,12-17,23H2,1-7H3,(H,52,54,62)/t27-/m0/s1. The van der Waals surface area contributed by atoms with Crippen molar-refractivity contribution in [3.05, 3.63) is 123 Å². The van der Waals surface area contributed by atoms with E-state index in [9.17, 15) is 4.79 Å². The van der Waals surface area contributed by atoms with Crippen molar-refractivity contribution in [1.29, 1.82) is 0 Å². The number of H-pyrrole nitrogens is 1. The van der Waals surface area contributed by atoms with Gasteiger partial charge in [0.25, 0.3) is 5.91 Å². The van der Waals surface area contributed by atoms with Crippen LogP contribution in [0.4, 0.5) is 14.5 Å². The highest BCUT2D eigenvalue weighted by Gasteiger charge is 2.52. The van der Waals surface area contributed by atoms with Gasteiger partial charge in [0.2, 0.25) is 0 Å². The van der Waals surface area contributed by atoms with Crippen molar-refractivity contribution >= 4 is 33.4 Å². The number of imidazole rings is 1. The van der Waals surface area contributed by atoms with Gasteiger partial charge in [-0.05, 0) is 114 Å². The molecule has 3 aliphatic rings. The van der Waals surface area contributed by atoms with Crippen LogP contribution in [0.1, 0.15) is 84.0 Å². The number of carbonyl (C=O) groups is 1. The van der Waals surface area contributed by atoms with Crippen molar-refractivity contribution in [1.82, 2.24) is 48.7 Å². The van der Waals surface area contributed by atoms with Crippen molar-refractivity contribution in [2.75, 3.05) is 31.1 Å². The maximum absolute atomic E-state index is 16.2. The number of aromatic amines is 1. The molecule has 5 aromatic heterocycles. The summed E-state index contributed by atoms with van der Waals surface area (Å²) in [6, 6.07) is 14.7. The van der Waals surface area contributed by atoms with Crippen molar-refractivity contribution in [3.8, 4) is 22.8 Å². The van der Waals surface area contributed by atoms with E-state index in [1.807, 2.05) is 41.5 Å². The first-order valence-electron chi connectivity index (χ1n) is 21.6. The van der Waals surface area contributed by atoms with Crippen LogP contribution in [0, 0.1) is 32.4 Å². The molecule has 1 amide bonds. The number of amides is 1. The Kier molecular flexibility index (Phi) is 8.77. The third-order valence-corrected chi connectivity index (χ3v) is 13.6. The minimum absolute atomic E-state index is 0.207. The molecule has 0 spiro atoms. The number of halogens is 2. The SMILES string of the molecule is Cc1cc(-n2nc3c(c2-c2ncn(-c4ccc5c(cnn5C)c4F)c2C)[C@H](C)N(C(=O)c2cc4cc(N5CCOC(C)(C)C5)ccc4n2C2(c4noc(=O)[nH]4)CC2)CC3)cc(C)c1F. The topological polar surface area (TPSA) is 150 Å². The molecule has 15 nitrogen and oxygen atoms in total. The van der Waals surface area contributed by atoms with Crippen molar-refractivity contribution in [2.24, 2.45) is 7.05 Å². The Morgan fingerprint density at radius 1 is 0.953 bits per heavy atom. The zero-order valence-corrected chi connectivity index (χ0v) is 36.7. The molecule has 7 heterocycles. The third-order valence-electron chi connectivity index (χ3n) is 13.6. The fourth-order valence-corrected chi connectivity index (χ4v) is 10.2. The summed E-state index contributed by atoms with van der Waals surface area (Å²) in [5.74, 6) is -1.22. The van der Waals surface area contributed by atoms with E-state index >= 15 is 13.6 Å². The van der Waals surface area contributed by atoms with Gasteiger partial charge in [-0.25, -0.2) is 23.2 Å². The number of aromatic nitrogens is 9. The molecule has 64 heavy (non-hydrogen) atoms. The molecule has 0 bridgehead atoms. The van der Waals surface area contributed by atoms with Crippen molar-refractivity contribution in [2.45, 2.75) is 78.0 Å². The molecule has 1 aliphatic carbocycles. The molecule has 0 unspecified atom stereocenters. The Labute approximate surface area is 365 Å². The summed E-state index contributed by atoms with van der Waals surface area (Å²) in [5, 5.41) is 14.8. The Balaban J connectivity index is 1.05. The molecule has 3 aromatic carbocycles. The summed E-state index contributed by atoms with van der Waals surface area (Å²) in [6.45, 7) is 13.9. The second kappa shape index (κ2) is 14.1. The lowest BCUT2D eigenvalue weighted by Gasteiger charge is -2.39. The Hall–Kier alpha value is -6.88. The molecule has 2 fully saturated rings. The summed E-state index contributed by atoms with van der Waals surface area (Å²) < 4.78 is 49.6. The molecule has 1 saturated carbocycles. The zero-order valence-electron chi connectivity index (χ0n) is 36.7.